The molecule has 1 fully saturated rings. The first-order valence-corrected chi connectivity index (χ1v) is 12.1. The summed E-state index contributed by atoms with van der Waals surface area (Å²) in [6, 6.07) is 4.20. The van der Waals surface area contributed by atoms with E-state index in [2.05, 4.69) is 29.5 Å². The number of halogens is 1. The fourth-order valence-electron chi connectivity index (χ4n) is 3.83. The summed E-state index contributed by atoms with van der Waals surface area (Å²) in [5.41, 5.74) is 1.36. The highest BCUT2D eigenvalue weighted by molar-refractivity contribution is 7.89. The number of nitrogens with zero attached hydrogens (tertiary/aromatic N) is 1. The van der Waals surface area contributed by atoms with Crippen molar-refractivity contribution in [3.05, 3.63) is 35.1 Å². The SMILES string of the molecule is CCNC(=NCc1cc(F)ccc1CS(C)(=O)=O)NCC(C)(C)C1CCCC1. The first kappa shape index (κ1) is 22.7. The molecule has 2 rings (SSSR count). The van der Waals surface area contributed by atoms with Gasteiger partial charge in [-0.3, -0.25) is 0 Å². The molecule has 0 aromatic heterocycles. The Hall–Kier alpha value is -1.63. The molecule has 158 valence electrons. The highest BCUT2D eigenvalue weighted by atomic mass is 32.2. The van der Waals surface area contributed by atoms with Gasteiger partial charge in [0.2, 0.25) is 0 Å². The van der Waals surface area contributed by atoms with Crippen molar-refractivity contribution in [1.29, 1.82) is 0 Å². The lowest BCUT2D eigenvalue weighted by Gasteiger charge is -2.32. The summed E-state index contributed by atoms with van der Waals surface area (Å²) in [7, 11) is -3.20. The number of aliphatic imine (C=N–C) groups is 1. The van der Waals surface area contributed by atoms with Gasteiger partial charge in [0, 0.05) is 19.3 Å². The van der Waals surface area contributed by atoms with Gasteiger partial charge in [-0.1, -0.05) is 32.8 Å². The first-order valence-electron chi connectivity index (χ1n) is 10.1. The van der Waals surface area contributed by atoms with Gasteiger partial charge in [0.25, 0.3) is 0 Å². The molecule has 0 radical (unpaired) electrons. The fourth-order valence-corrected chi connectivity index (χ4v) is 4.68. The maximum Gasteiger partial charge on any atom is 0.191 e. The number of sulfone groups is 1. The predicted octanol–water partition coefficient (Wildman–Crippen LogP) is 3.64. The average Bonchev–Trinajstić information content (AvgIpc) is 3.14. The van der Waals surface area contributed by atoms with Crippen molar-refractivity contribution in [2.75, 3.05) is 19.3 Å². The number of benzene rings is 1. The molecule has 1 aliphatic carbocycles. The van der Waals surface area contributed by atoms with Crippen LogP contribution in [0.15, 0.2) is 23.2 Å². The Morgan fingerprint density at radius 3 is 2.50 bits per heavy atom. The van der Waals surface area contributed by atoms with E-state index in [0.717, 1.165) is 13.1 Å². The van der Waals surface area contributed by atoms with Crippen LogP contribution in [0.4, 0.5) is 4.39 Å². The molecule has 1 aromatic rings. The van der Waals surface area contributed by atoms with Gasteiger partial charge in [-0.2, -0.15) is 0 Å². The third-order valence-electron chi connectivity index (χ3n) is 5.51. The van der Waals surface area contributed by atoms with Gasteiger partial charge in [0.05, 0.1) is 12.3 Å². The number of hydrogen-bond donors (Lipinski definition) is 2. The Morgan fingerprint density at radius 2 is 1.89 bits per heavy atom. The molecular weight excluding hydrogens is 377 g/mol. The Morgan fingerprint density at radius 1 is 1.21 bits per heavy atom. The van der Waals surface area contributed by atoms with Crippen molar-refractivity contribution in [3.63, 3.8) is 0 Å². The molecule has 0 aliphatic heterocycles. The van der Waals surface area contributed by atoms with Crippen LogP contribution in [0.1, 0.15) is 57.6 Å². The summed E-state index contributed by atoms with van der Waals surface area (Å²) >= 11 is 0. The standard InChI is InChI=1S/C21H34FN3O2S/c1-5-23-20(25-15-21(2,3)18-8-6-7-9-18)24-13-17-12-19(22)11-10-16(17)14-28(4,26)27/h10-12,18H,5-9,13-15H2,1-4H3,(H2,23,24,25). The highest BCUT2D eigenvalue weighted by Gasteiger charge is 2.31. The quantitative estimate of drug-likeness (QED) is 0.506. The summed E-state index contributed by atoms with van der Waals surface area (Å²) in [4.78, 5) is 4.58. The van der Waals surface area contributed by atoms with E-state index in [-0.39, 0.29) is 23.5 Å². The van der Waals surface area contributed by atoms with E-state index in [9.17, 15) is 12.8 Å². The van der Waals surface area contributed by atoms with Gasteiger partial charge >= 0.3 is 0 Å². The van der Waals surface area contributed by atoms with Gasteiger partial charge in [-0.15, -0.1) is 0 Å². The van der Waals surface area contributed by atoms with Crippen LogP contribution in [0, 0.1) is 17.2 Å². The third-order valence-corrected chi connectivity index (χ3v) is 6.34. The van der Waals surface area contributed by atoms with Crippen molar-refractivity contribution < 1.29 is 12.8 Å². The summed E-state index contributed by atoms with van der Waals surface area (Å²) in [6.45, 7) is 8.32. The summed E-state index contributed by atoms with van der Waals surface area (Å²) < 4.78 is 37.0. The minimum Gasteiger partial charge on any atom is -0.357 e. The molecule has 0 atom stereocenters. The van der Waals surface area contributed by atoms with Crippen molar-refractivity contribution >= 4 is 15.8 Å². The molecule has 0 amide bonds. The lowest BCUT2D eigenvalue weighted by atomic mass is 9.78. The van der Waals surface area contributed by atoms with Crippen LogP contribution in [-0.2, 0) is 22.1 Å². The van der Waals surface area contributed by atoms with Crippen LogP contribution < -0.4 is 10.6 Å². The lowest BCUT2D eigenvalue weighted by Crippen LogP contribution is -2.44. The maximum atomic E-state index is 13.7. The Bertz CT molecular complexity index is 785. The van der Waals surface area contributed by atoms with Crippen molar-refractivity contribution in [2.24, 2.45) is 16.3 Å². The molecule has 0 heterocycles. The number of rotatable bonds is 8. The molecule has 7 heteroatoms. The summed E-state index contributed by atoms with van der Waals surface area (Å²) in [6.07, 6.45) is 6.36. The number of nitrogens with one attached hydrogen (secondary N) is 2. The van der Waals surface area contributed by atoms with E-state index < -0.39 is 9.84 Å². The van der Waals surface area contributed by atoms with E-state index in [1.54, 1.807) is 0 Å². The van der Waals surface area contributed by atoms with Gasteiger partial charge in [0.15, 0.2) is 15.8 Å². The van der Waals surface area contributed by atoms with Crippen LogP contribution in [-0.4, -0.2) is 33.7 Å². The zero-order valence-corrected chi connectivity index (χ0v) is 18.3. The van der Waals surface area contributed by atoms with Crippen LogP contribution in [0.5, 0.6) is 0 Å². The zero-order chi connectivity index (χ0) is 20.8. The normalized spacial score (nSPS) is 16.4. The molecule has 0 bridgehead atoms. The van der Waals surface area contributed by atoms with Crippen LogP contribution in [0.3, 0.4) is 0 Å². The van der Waals surface area contributed by atoms with E-state index in [1.807, 2.05) is 6.92 Å². The molecule has 0 spiro atoms. The zero-order valence-electron chi connectivity index (χ0n) is 17.5. The predicted molar refractivity (Wildman–Crippen MR) is 114 cm³/mol. The van der Waals surface area contributed by atoms with Gasteiger partial charge < -0.3 is 10.6 Å². The molecule has 2 N–H and O–H groups in total. The molecular formula is C21H34FN3O2S. The molecule has 1 aromatic carbocycles. The van der Waals surface area contributed by atoms with Crippen molar-refractivity contribution in [3.8, 4) is 0 Å². The Kier molecular flexibility index (Phi) is 7.87. The molecule has 0 unspecified atom stereocenters. The molecule has 28 heavy (non-hydrogen) atoms. The van der Waals surface area contributed by atoms with E-state index in [1.165, 1.54) is 50.1 Å². The van der Waals surface area contributed by atoms with Crippen molar-refractivity contribution in [2.45, 2.75) is 58.8 Å². The molecule has 1 aliphatic rings. The third kappa shape index (κ3) is 7.08. The minimum atomic E-state index is -3.20. The maximum absolute atomic E-state index is 13.7. The Labute approximate surface area is 169 Å². The monoisotopic (exact) mass is 411 g/mol. The fraction of sp³-hybridized carbons (Fsp3) is 0.667. The van der Waals surface area contributed by atoms with Crippen LogP contribution in [0.2, 0.25) is 0 Å². The van der Waals surface area contributed by atoms with Crippen LogP contribution in [0.25, 0.3) is 0 Å². The van der Waals surface area contributed by atoms with Gasteiger partial charge in [-0.25, -0.2) is 17.8 Å². The second-order valence-corrected chi connectivity index (χ2v) is 10.6. The Balaban J connectivity index is 2.10. The lowest BCUT2D eigenvalue weighted by molar-refractivity contribution is 0.218. The largest absolute Gasteiger partial charge is 0.357 e. The summed E-state index contributed by atoms with van der Waals surface area (Å²) in [5, 5.41) is 6.64. The molecule has 1 saturated carbocycles. The second kappa shape index (κ2) is 9.72. The molecule has 5 nitrogen and oxygen atoms in total. The number of hydrogen-bond acceptors (Lipinski definition) is 3. The van der Waals surface area contributed by atoms with Crippen molar-refractivity contribution in [1.82, 2.24) is 10.6 Å². The van der Waals surface area contributed by atoms with Crippen LogP contribution >= 0.6 is 0 Å². The van der Waals surface area contributed by atoms with Gasteiger partial charge in [0.1, 0.15) is 5.82 Å². The smallest absolute Gasteiger partial charge is 0.191 e. The first-order chi connectivity index (χ1) is 13.1. The summed E-state index contributed by atoms with van der Waals surface area (Å²) in [5.74, 6) is 0.884. The van der Waals surface area contributed by atoms with E-state index in [4.69, 9.17) is 0 Å². The van der Waals surface area contributed by atoms with E-state index >= 15 is 0 Å². The average molecular weight is 412 g/mol. The second-order valence-electron chi connectivity index (χ2n) is 8.50. The van der Waals surface area contributed by atoms with Gasteiger partial charge in [-0.05, 0) is 54.4 Å². The highest BCUT2D eigenvalue weighted by Crippen LogP contribution is 2.38. The number of guanidine groups is 1. The molecule has 0 saturated heterocycles. The van der Waals surface area contributed by atoms with E-state index in [0.29, 0.717) is 23.0 Å². The minimum absolute atomic E-state index is 0.114. The topological polar surface area (TPSA) is 70.6 Å².